The summed E-state index contributed by atoms with van der Waals surface area (Å²) in [6.07, 6.45) is 0.0720. The van der Waals surface area contributed by atoms with Gasteiger partial charge in [0.25, 0.3) is 5.91 Å². The SMILES string of the molecule is CC(C)(C)c1nc(C(=O)Nc2ccc(CC(=O)NCC(=O)O)cc2)cs1. The number of carbonyl (C=O) groups is 3. The fourth-order valence-corrected chi connectivity index (χ4v) is 2.93. The summed E-state index contributed by atoms with van der Waals surface area (Å²) in [6.45, 7) is 5.72. The van der Waals surface area contributed by atoms with Gasteiger partial charge in [-0.25, -0.2) is 4.98 Å². The molecule has 0 unspecified atom stereocenters. The standard InChI is InChI=1S/C18H21N3O4S/c1-18(2,3)17-21-13(10-26-17)16(25)20-12-6-4-11(5-7-12)8-14(22)19-9-15(23)24/h4-7,10H,8-9H2,1-3H3,(H,19,22)(H,20,25)(H,23,24). The van der Waals surface area contributed by atoms with Crippen LogP contribution in [0, 0.1) is 0 Å². The number of carbonyl (C=O) groups excluding carboxylic acids is 2. The topological polar surface area (TPSA) is 108 Å². The maximum atomic E-state index is 12.3. The van der Waals surface area contributed by atoms with E-state index in [1.54, 1.807) is 29.6 Å². The maximum Gasteiger partial charge on any atom is 0.322 e. The summed E-state index contributed by atoms with van der Waals surface area (Å²) in [7, 11) is 0. The van der Waals surface area contributed by atoms with E-state index >= 15 is 0 Å². The smallest absolute Gasteiger partial charge is 0.322 e. The minimum atomic E-state index is -1.09. The molecule has 1 aromatic heterocycles. The van der Waals surface area contributed by atoms with Crippen molar-refractivity contribution < 1.29 is 19.5 Å². The third-order valence-corrected chi connectivity index (χ3v) is 4.66. The molecule has 0 fully saturated rings. The molecular weight excluding hydrogens is 354 g/mol. The highest BCUT2D eigenvalue weighted by Gasteiger charge is 2.20. The van der Waals surface area contributed by atoms with Crippen LogP contribution in [-0.4, -0.2) is 34.4 Å². The van der Waals surface area contributed by atoms with Gasteiger partial charge in [-0.3, -0.25) is 14.4 Å². The third-order valence-electron chi connectivity index (χ3n) is 3.39. The predicted molar refractivity (Wildman–Crippen MR) is 99.6 cm³/mol. The lowest BCUT2D eigenvalue weighted by Crippen LogP contribution is -2.30. The van der Waals surface area contributed by atoms with Gasteiger partial charge in [0.1, 0.15) is 12.2 Å². The van der Waals surface area contributed by atoms with E-state index in [9.17, 15) is 14.4 Å². The maximum absolute atomic E-state index is 12.3. The molecule has 0 aliphatic carbocycles. The molecule has 2 rings (SSSR count). The van der Waals surface area contributed by atoms with Crippen molar-refractivity contribution >= 4 is 34.8 Å². The largest absolute Gasteiger partial charge is 0.480 e. The van der Waals surface area contributed by atoms with Crippen LogP contribution in [0.4, 0.5) is 5.69 Å². The Morgan fingerprint density at radius 1 is 1.15 bits per heavy atom. The number of aliphatic carboxylic acids is 1. The van der Waals surface area contributed by atoms with Crippen LogP contribution in [0.2, 0.25) is 0 Å². The van der Waals surface area contributed by atoms with Crippen molar-refractivity contribution in [2.24, 2.45) is 0 Å². The van der Waals surface area contributed by atoms with E-state index in [2.05, 4.69) is 15.6 Å². The van der Waals surface area contributed by atoms with E-state index in [4.69, 9.17) is 5.11 Å². The molecule has 3 N–H and O–H groups in total. The van der Waals surface area contributed by atoms with Gasteiger partial charge >= 0.3 is 5.97 Å². The van der Waals surface area contributed by atoms with Gasteiger partial charge in [-0.15, -0.1) is 11.3 Å². The number of hydrogen-bond acceptors (Lipinski definition) is 5. The van der Waals surface area contributed by atoms with Crippen LogP contribution in [0.15, 0.2) is 29.6 Å². The normalized spacial score (nSPS) is 11.0. The lowest BCUT2D eigenvalue weighted by Gasteiger charge is -2.13. The van der Waals surface area contributed by atoms with Crippen molar-refractivity contribution in [3.8, 4) is 0 Å². The fourth-order valence-electron chi connectivity index (χ4n) is 2.05. The van der Waals surface area contributed by atoms with Crippen molar-refractivity contribution in [3.63, 3.8) is 0 Å². The summed E-state index contributed by atoms with van der Waals surface area (Å²) >= 11 is 1.45. The Morgan fingerprint density at radius 3 is 2.35 bits per heavy atom. The summed E-state index contributed by atoms with van der Waals surface area (Å²) < 4.78 is 0. The number of amides is 2. The zero-order chi connectivity index (χ0) is 19.3. The van der Waals surface area contributed by atoms with Gasteiger partial charge in [-0.05, 0) is 17.7 Å². The van der Waals surface area contributed by atoms with Crippen LogP contribution in [0.3, 0.4) is 0 Å². The summed E-state index contributed by atoms with van der Waals surface area (Å²) in [4.78, 5) is 38.7. The first-order valence-corrected chi connectivity index (χ1v) is 8.88. The molecule has 0 bridgehead atoms. The van der Waals surface area contributed by atoms with Crippen molar-refractivity contribution in [1.82, 2.24) is 10.3 Å². The predicted octanol–water partition coefficient (Wildman–Crippen LogP) is 2.44. The molecule has 0 saturated carbocycles. The Labute approximate surface area is 155 Å². The van der Waals surface area contributed by atoms with Crippen LogP contribution < -0.4 is 10.6 Å². The van der Waals surface area contributed by atoms with Gasteiger partial charge in [0.15, 0.2) is 0 Å². The second-order valence-corrected chi connectivity index (χ2v) is 7.64. The number of carboxylic acids is 1. The van der Waals surface area contributed by atoms with E-state index in [0.717, 1.165) is 10.6 Å². The number of nitrogens with zero attached hydrogens (tertiary/aromatic N) is 1. The molecule has 0 spiro atoms. The number of anilines is 1. The molecule has 2 amide bonds. The van der Waals surface area contributed by atoms with E-state index < -0.39 is 12.5 Å². The number of thiazole rings is 1. The zero-order valence-corrected chi connectivity index (χ0v) is 15.6. The summed E-state index contributed by atoms with van der Waals surface area (Å²) in [6, 6.07) is 6.79. The summed E-state index contributed by atoms with van der Waals surface area (Å²) in [5.74, 6) is -1.75. The van der Waals surface area contributed by atoms with Crippen molar-refractivity contribution in [1.29, 1.82) is 0 Å². The zero-order valence-electron chi connectivity index (χ0n) is 14.8. The van der Waals surface area contributed by atoms with Gasteiger partial charge in [-0.2, -0.15) is 0 Å². The average molecular weight is 375 g/mol. The molecular formula is C18H21N3O4S. The highest BCUT2D eigenvalue weighted by molar-refractivity contribution is 7.10. The van der Waals surface area contributed by atoms with Crippen molar-refractivity contribution in [3.05, 3.63) is 45.9 Å². The summed E-state index contributed by atoms with van der Waals surface area (Å²) in [5, 5.41) is 16.2. The van der Waals surface area contributed by atoms with Crippen molar-refractivity contribution in [2.75, 3.05) is 11.9 Å². The molecule has 0 atom stereocenters. The number of benzene rings is 1. The minimum absolute atomic E-state index is 0.0720. The minimum Gasteiger partial charge on any atom is -0.480 e. The molecule has 0 aliphatic heterocycles. The second-order valence-electron chi connectivity index (χ2n) is 6.79. The number of nitrogens with one attached hydrogen (secondary N) is 2. The van der Waals surface area contributed by atoms with Crippen LogP contribution in [-0.2, 0) is 21.4 Å². The Kier molecular flexibility index (Phi) is 6.10. The first-order valence-electron chi connectivity index (χ1n) is 8.00. The van der Waals surface area contributed by atoms with Gasteiger partial charge < -0.3 is 15.7 Å². The monoisotopic (exact) mass is 375 g/mol. The second kappa shape index (κ2) is 8.09. The molecule has 7 nitrogen and oxygen atoms in total. The van der Waals surface area contributed by atoms with Gasteiger partial charge in [0, 0.05) is 16.5 Å². The quantitative estimate of drug-likeness (QED) is 0.719. The highest BCUT2D eigenvalue weighted by atomic mass is 32.1. The van der Waals surface area contributed by atoms with Gasteiger partial charge in [0.2, 0.25) is 5.91 Å². The Bertz CT molecular complexity index is 807. The molecule has 2 aromatic rings. The Hall–Kier alpha value is -2.74. The van der Waals surface area contributed by atoms with Crippen LogP contribution >= 0.6 is 11.3 Å². The van der Waals surface area contributed by atoms with Crippen LogP contribution in [0.25, 0.3) is 0 Å². The van der Waals surface area contributed by atoms with E-state index in [1.165, 1.54) is 11.3 Å². The molecule has 1 heterocycles. The van der Waals surface area contributed by atoms with E-state index in [0.29, 0.717) is 11.4 Å². The Morgan fingerprint density at radius 2 is 1.81 bits per heavy atom. The first kappa shape index (κ1) is 19.6. The third kappa shape index (κ3) is 5.66. The van der Waals surface area contributed by atoms with E-state index in [1.807, 2.05) is 20.8 Å². The van der Waals surface area contributed by atoms with Gasteiger partial charge in [-0.1, -0.05) is 32.9 Å². The molecule has 26 heavy (non-hydrogen) atoms. The lowest BCUT2D eigenvalue weighted by molar-refractivity contribution is -0.137. The molecule has 8 heteroatoms. The molecule has 138 valence electrons. The average Bonchev–Trinajstić information content (AvgIpc) is 3.05. The summed E-state index contributed by atoms with van der Waals surface area (Å²) in [5.41, 5.74) is 1.58. The van der Waals surface area contributed by atoms with Crippen molar-refractivity contribution in [2.45, 2.75) is 32.6 Å². The molecule has 0 saturated heterocycles. The molecule has 0 radical (unpaired) electrons. The van der Waals surface area contributed by atoms with E-state index in [-0.39, 0.29) is 23.7 Å². The van der Waals surface area contributed by atoms with Crippen LogP contribution in [0.5, 0.6) is 0 Å². The number of rotatable bonds is 6. The number of carboxylic acid groups (broad SMARTS) is 1. The highest BCUT2D eigenvalue weighted by Crippen LogP contribution is 2.25. The molecule has 0 aliphatic rings. The Balaban J connectivity index is 1.94. The fraction of sp³-hybridized carbons (Fsp3) is 0.333. The van der Waals surface area contributed by atoms with Crippen LogP contribution in [0.1, 0.15) is 41.8 Å². The number of aromatic nitrogens is 1. The van der Waals surface area contributed by atoms with Gasteiger partial charge in [0.05, 0.1) is 11.4 Å². The molecule has 1 aromatic carbocycles. The lowest BCUT2D eigenvalue weighted by atomic mass is 9.98. The first-order chi connectivity index (χ1) is 12.1. The number of hydrogen-bond donors (Lipinski definition) is 3.